The second-order valence-corrected chi connectivity index (χ2v) is 15.8. The molecular formula is C37H20Cl4F10N10O2S2. The van der Waals surface area contributed by atoms with E-state index >= 15 is 0 Å². The number of methoxy groups -OCH3 is 1. The third kappa shape index (κ3) is 12.2. The van der Waals surface area contributed by atoms with E-state index in [4.69, 9.17) is 51.1 Å². The van der Waals surface area contributed by atoms with Crippen LogP contribution in [-0.4, -0.2) is 59.5 Å². The summed E-state index contributed by atoms with van der Waals surface area (Å²) in [5.41, 5.74) is -7.68. The number of benzene rings is 3. The normalized spacial score (nSPS) is 11.8. The van der Waals surface area contributed by atoms with Gasteiger partial charge in [0.05, 0.1) is 66.6 Å². The summed E-state index contributed by atoms with van der Waals surface area (Å²) in [6.45, 7) is 0.111. The monoisotopic (exact) mass is 1030 g/mol. The van der Waals surface area contributed by atoms with Crippen molar-refractivity contribution in [2.75, 3.05) is 18.4 Å². The molecule has 3 aromatic carbocycles. The molecule has 0 aliphatic carbocycles. The van der Waals surface area contributed by atoms with Crippen LogP contribution in [-0.2, 0) is 18.9 Å². The van der Waals surface area contributed by atoms with Crippen LogP contribution in [0, 0.1) is 22.7 Å². The molecule has 0 fully saturated rings. The molecule has 0 bridgehead atoms. The van der Waals surface area contributed by atoms with E-state index in [1.54, 1.807) is 0 Å². The molecule has 28 heteroatoms. The highest BCUT2D eigenvalue weighted by molar-refractivity contribution is 8.00. The van der Waals surface area contributed by atoms with Gasteiger partial charge in [0.25, 0.3) is 0 Å². The third-order valence-corrected chi connectivity index (χ3v) is 10.7. The van der Waals surface area contributed by atoms with Crippen LogP contribution in [0.1, 0.15) is 33.8 Å². The molecule has 2 N–H and O–H groups in total. The fourth-order valence-electron chi connectivity index (χ4n) is 5.30. The number of aliphatic imine (C=N–C) groups is 1. The van der Waals surface area contributed by atoms with Gasteiger partial charge in [0.2, 0.25) is 0 Å². The number of aromatic hydroxyl groups is 1. The van der Waals surface area contributed by atoms with Gasteiger partial charge in [-0.3, -0.25) is 9.97 Å². The minimum Gasteiger partial charge on any atom is -0.504 e. The van der Waals surface area contributed by atoms with Gasteiger partial charge in [0, 0.05) is 18.6 Å². The van der Waals surface area contributed by atoms with Crippen LogP contribution in [0.25, 0.3) is 11.4 Å². The lowest BCUT2D eigenvalue weighted by molar-refractivity contribution is -0.138. The van der Waals surface area contributed by atoms with Gasteiger partial charge in [-0.15, -0.1) is 0 Å². The van der Waals surface area contributed by atoms with Gasteiger partial charge in [-0.2, -0.15) is 60.2 Å². The van der Waals surface area contributed by atoms with Crippen LogP contribution in [0.5, 0.6) is 11.5 Å². The first-order chi connectivity index (χ1) is 30.5. The van der Waals surface area contributed by atoms with Crippen LogP contribution < -0.4 is 10.1 Å². The summed E-state index contributed by atoms with van der Waals surface area (Å²) in [6, 6.07) is 8.83. The van der Waals surface area contributed by atoms with E-state index in [0.29, 0.717) is 46.4 Å². The number of alkyl halides is 10. The maximum absolute atomic E-state index is 13.2. The molecule has 0 aliphatic heterocycles. The zero-order valence-electron chi connectivity index (χ0n) is 31.8. The number of nitrogens with zero attached hydrogens (tertiary/aromatic N) is 9. The Balaban J connectivity index is 0.000000247. The number of ether oxygens (including phenoxy) is 1. The Morgan fingerprint density at radius 2 is 1.35 bits per heavy atom. The molecule has 0 aliphatic rings. The molecule has 0 spiro atoms. The van der Waals surface area contributed by atoms with Crippen LogP contribution >= 0.6 is 69.9 Å². The zero-order valence-corrected chi connectivity index (χ0v) is 36.4. The van der Waals surface area contributed by atoms with E-state index in [9.17, 15) is 59.5 Å². The standard InChI is InChI=1S/C20H10Cl2F6N4O2S.C17H10Cl2F4N6S/c1-34-15-4-9(2-3-14(15)33)8-30-18-17(35-20(26,27)28)13(7-29)31-32(18)16-11(21)5-10(6-12(16)22)19(23,24)25;18-11-3-9(17(21,22)23)4-12(19)14(11)29-16(15(30-8-20)13(5-24)28-29)27-7-10-6-25-1-2-26-10/h2-6,8,33H,1H3;1-4,6,27H,7-8H2. The molecule has 12 nitrogen and oxygen atoms in total. The van der Waals surface area contributed by atoms with Crippen molar-refractivity contribution in [1.29, 1.82) is 10.5 Å². The lowest BCUT2D eigenvalue weighted by Crippen LogP contribution is -2.11. The first-order valence-electron chi connectivity index (χ1n) is 17.0. The summed E-state index contributed by atoms with van der Waals surface area (Å²) < 4.78 is 138. The molecule has 0 amide bonds. The molecule has 340 valence electrons. The van der Waals surface area contributed by atoms with Gasteiger partial charge in [-0.25, -0.2) is 18.7 Å². The number of hydrogen-bond donors (Lipinski definition) is 2. The Morgan fingerprint density at radius 1 is 0.815 bits per heavy atom. The Bertz CT molecular complexity index is 2780. The zero-order chi connectivity index (χ0) is 48.0. The molecule has 0 saturated heterocycles. The van der Waals surface area contributed by atoms with E-state index in [0.717, 1.165) is 10.9 Å². The SMILES string of the molecule is COc1cc(C=Nc2c(SC(F)(F)F)c(C#N)nn2-c2c(Cl)cc(C(F)(F)F)cc2Cl)ccc1O.N#Cc1nn(-c2c(Cl)cc(C(F)(F)F)cc2Cl)c(NCc2cnccn2)c1SCF. The van der Waals surface area contributed by atoms with Gasteiger partial charge >= 0.3 is 17.9 Å². The van der Waals surface area contributed by atoms with Crippen LogP contribution in [0.4, 0.5) is 55.5 Å². The van der Waals surface area contributed by atoms with E-state index in [1.165, 1.54) is 50.0 Å². The Morgan fingerprint density at radius 3 is 1.83 bits per heavy atom. The highest BCUT2D eigenvalue weighted by Crippen LogP contribution is 2.47. The second-order valence-electron chi connectivity index (χ2n) is 12.2. The number of phenols is 1. The predicted molar refractivity (Wildman–Crippen MR) is 222 cm³/mol. The largest absolute Gasteiger partial charge is 0.504 e. The number of aromatic nitrogens is 6. The van der Waals surface area contributed by atoms with E-state index in [1.807, 2.05) is 6.07 Å². The average molecular weight is 1030 g/mol. The molecule has 0 radical (unpaired) electrons. The number of rotatable bonds is 11. The molecule has 0 saturated carbocycles. The fourth-order valence-corrected chi connectivity index (χ4v) is 7.87. The Kier molecular flexibility index (Phi) is 16.0. The summed E-state index contributed by atoms with van der Waals surface area (Å²) in [5.74, 6) is -0.611. The number of nitrogens with one attached hydrogen (secondary N) is 1. The minimum atomic E-state index is -4.86. The number of halogens is 14. The maximum Gasteiger partial charge on any atom is 0.446 e. The summed E-state index contributed by atoms with van der Waals surface area (Å²) in [6.07, 6.45) is -3.95. The van der Waals surface area contributed by atoms with Gasteiger partial charge in [0.15, 0.2) is 28.7 Å². The third-order valence-electron chi connectivity index (χ3n) is 7.99. The predicted octanol–water partition coefficient (Wildman–Crippen LogP) is 12.6. The Labute approximate surface area is 387 Å². The first kappa shape index (κ1) is 50.4. The van der Waals surface area contributed by atoms with Gasteiger partial charge in [0.1, 0.15) is 35.3 Å². The topological polar surface area (TPSA) is 163 Å². The number of thioether (sulfide) groups is 2. The summed E-state index contributed by atoms with van der Waals surface area (Å²) in [5, 5.41) is 37.3. The number of hydrogen-bond acceptors (Lipinski definition) is 12. The van der Waals surface area contributed by atoms with Crippen molar-refractivity contribution in [1.82, 2.24) is 29.5 Å². The van der Waals surface area contributed by atoms with Crippen molar-refractivity contribution in [3.63, 3.8) is 0 Å². The van der Waals surface area contributed by atoms with Crippen molar-refractivity contribution < 1.29 is 53.7 Å². The van der Waals surface area contributed by atoms with E-state index < -0.39 is 78.9 Å². The molecule has 3 heterocycles. The van der Waals surface area contributed by atoms with Crippen molar-refractivity contribution in [2.45, 2.75) is 34.2 Å². The quantitative estimate of drug-likeness (QED) is 0.0721. The van der Waals surface area contributed by atoms with Crippen molar-refractivity contribution in [3.05, 3.63) is 115 Å². The van der Waals surface area contributed by atoms with Gasteiger partial charge in [-0.05, 0) is 59.8 Å². The van der Waals surface area contributed by atoms with Crippen LogP contribution in [0.2, 0.25) is 20.1 Å². The van der Waals surface area contributed by atoms with Crippen molar-refractivity contribution in [3.8, 4) is 35.0 Å². The van der Waals surface area contributed by atoms with Gasteiger partial charge < -0.3 is 15.2 Å². The van der Waals surface area contributed by atoms with E-state index in [-0.39, 0.29) is 55.7 Å². The fraction of sp³-hybridized carbons (Fsp3) is 0.162. The number of phenolic OH excluding ortho intramolecular Hbond substituents is 1. The highest BCUT2D eigenvalue weighted by Gasteiger charge is 2.37. The highest BCUT2D eigenvalue weighted by atomic mass is 35.5. The smallest absolute Gasteiger partial charge is 0.446 e. The summed E-state index contributed by atoms with van der Waals surface area (Å²) in [4.78, 5) is 11.4. The number of anilines is 1. The lowest BCUT2D eigenvalue weighted by atomic mass is 10.2. The maximum atomic E-state index is 13.2. The Hall–Kier alpha value is -5.63. The minimum absolute atomic E-state index is 0.0406. The molecule has 3 aromatic heterocycles. The summed E-state index contributed by atoms with van der Waals surface area (Å²) in [7, 11) is 1.27. The molecule has 0 unspecified atom stereocenters. The van der Waals surface area contributed by atoms with Crippen LogP contribution in [0.15, 0.2) is 75.8 Å². The molecule has 0 atom stereocenters. The van der Waals surface area contributed by atoms with Crippen molar-refractivity contribution in [2.24, 2.45) is 4.99 Å². The van der Waals surface area contributed by atoms with E-state index in [2.05, 4.69) is 30.5 Å². The molecule has 65 heavy (non-hydrogen) atoms. The first-order valence-corrected chi connectivity index (χ1v) is 20.4. The number of nitriles is 2. The molecular weight excluding hydrogens is 1010 g/mol. The summed E-state index contributed by atoms with van der Waals surface area (Å²) >= 11 is 24.2. The average Bonchev–Trinajstić information content (AvgIpc) is 3.74. The van der Waals surface area contributed by atoms with Crippen LogP contribution in [0.3, 0.4) is 0 Å². The van der Waals surface area contributed by atoms with Gasteiger partial charge in [-0.1, -0.05) is 58.2 Å². The lowest BCUT2D eigenvalue weighted by Gasteiger charge is -2.15. The molecule has 6 aromatic rings. The molecule has 6 rings (SSSR count). The second kappa shape index (κ2) is 20.7. The van der Waals surface area contributed by atoms with Crippen molar-refractivity contribution >= 4 is 87.8 Å².